The van der Waals surface area contributed by atoms with Crippen LogP contribution in [0, 0.1) is 0 Å². The van der Waals surface area contributed by atoms with Gasteiger partial charge in [-0.2, -0.15) is 0 Å². The van der Waals surface area contributed by atoms with Gasteiger partial charge in [0.05, 0.1) is 6.33 Å². The molecular weight excluding hydrogens is 338 g/mol. The molecule has 4 rings (SSSR count). The third-order valence-corrected chi connectivity index (χ3v) is 4.20. The smallest absolute Gasteiger partial charge is 0.273 e. The summed E-state index contributed by atoms with van der Waals surface area (Å²) in [6, 6.07) is 13.2. The molecule has 2 N–H and O–H groups in total. The van der Waals surface area contributed by atoms with Crippen LogP contribution in [0.1, 0.15) is 16.1 Å². The fourth-order valence-electron chi connectivity index (χ4n) is 2.59. The Hall–Kier alpha value is -3.00. The zero-order valence-corrected chi connectivity index (χ0v) is 14.0. The predicted molar refractivity (Wildman–Crippen MR) is 95.8 cm³/mol. The predicted octanol–water partition coefficient (Wildman–Crippen LogP) is 2.56. The molecule has 1 amide bonds. The number of thiol groups is 1. The van der Waals surface area contributed by atoms with Crippen molar-refractivity contribution in [2.75, 3.05) is 4.90 Å². The van der Waals surface area contributed by atoms with Crippen LogP contribution < -0.4 is 15.0 Å². The molecule has 0 spiro atoms. The molecule has 0 bridgehead atoms. The third-order valence-electron chi connectivity index (χ3n) is 3.79. The second-order valence-electron chi connectivity index (χ2n) is 5.50. The van der Waals surface area contributed by atoms with E-state index in [9.17, 15) is 4.79 Å². The Morgan fingerprint density at radius 1 is 1.16 bits per heavy atom. The molecule has 1 aromatic carbocycles. The van der Waals surface area contributed by atoms with Crippen molar-refractivity contribution in [3.05, 3.63) is 66.2 Å². The minimum Gasteiger partial charge on any atom is -0.439 e. The largest absolute Gasteiger partial charge is 0.439 e. The molecule has 0 saturated heterocycles. The van der Waals surface area contributed by atoms with Gasteiger partial charge in [-0.25, -0.2) is 9.97 Å². The molecule has 25 heavy (non-hydrogen) atoms. The molecule has 1 unspecified atom stereocenters. The van der Waals surface area contributed by atoms with E-state index in [2.05, 4.69) is 32.9 Å². The average Bonchev–Trinajstić information content (AvgIpc) is 3.11. The Kier molecular flexibility index (Phi) is 4.02. The van der Waals surface area contributed by atoms with Crippen LogP contribution in [0.25, 0.3) is 0 Å². The number of carbonyl (C=O) groups excluding carboxylic acids is 1. The molecule has 1 aliphatic rings. The van der Waals surface area contributed by atoms with E-state index in [0.717, 1.165) is 11.3 Å². The number of pyridine rings is 1. The highest BCUT2D eigenvalue weighted by Gasteiger charge is 2.31. The number of benzene rings is 1. The standard InChI is InChI=1S/C17H15N5O2S/c23-16-14-15(20-10-19-14)22(17(25)21-16)9-11-6-7-13(18-8-11)24-12-4-2-1-3-5-12/h1-8,10,17,25H,9H2,(H,19,20)(H,21,23). The van der Waals surface area contributed by atoms with Gasteiger partial charge in [-0.15, -0.1) is 12.6 Å². The monoisotopic (exact) mass is 353 g/mol. The maximum absolute atomic E-state index is 11.9. The summed E-state index contributed by atoms with van der Waals surface area (Å²) in [5.74, 6) is 1.62. The second-order valence-corrected chi connectivity index (χ2v) is 5.99. The summed E-state index contributed by atoms with van der Waals surface area (Å²) in [5, 5.41) is 2.77. The molecule has 0 radical (unpaired) electrons. The van der Waals surface area contributed by atoms with E-state index in [-0.39, 0.29) is 5.91 Å². The van der Waals surface area contributed by atoms with Gasteiger partial charge in [0.15, 0.2) is 5.82 Å². The Bertz CT molecular complexity index is 882. The number of aromatic amines is 1. The van der Waals surface area contributed by atoms with E-state index in [1.807, 2.05) is 47.4 Å². The summed E-state index contributed by atoms with van der Waals surface area (Å²) in [6.07, 6.45) is 3.24. The Morgan fingerprint density at radius 2 is 2.00 bits per heavy atom. The first kappa shape index (κ1) is 15.5. The van der Waals surface area contributed by atoms with Crippen molar-refractivity contribution in [2.45, 2.75) is 12.0 Å². The quantitative estimate of drug-likeness (QED) is 0.628. The molecule has 2 aromatic heterocycles. The number of hydrogen-bond donors (Lipinski definition) is 3. The average molecular weight is 353 g/mol. The number of nitrogens with one attached hydrogen (secondary N) is 2. The summed E-state index contributed by atoms with van der Waals surface area (Å²) in [6.45, 7) is 0.505. The van der Waals surface area contributed by atoms with Crippen LogP contribution in [-0.4, -0.2) is 26.4 Å². The lowest BCUT2D eigenvalue weighted by atomic mass is 10.2. The molecule has 3 heterocycles. The van der Waals surface area contributed by atoms with Crippen molar-refractivity contribution in [2.24, 2.45) is 0 Å². The number of rotatable bonds is 4. The van der Waals surface area contributed by atoms with E-state index in [1.165, 1.54) is 6.33 Å². The lowest BCUT2D eigenvalue weighted by molar-refractivity contribution is 0.0937. The van der Waals surface area contributed by atoms with Gasteiger partial charge in [0, 0.05) is 18.8 Å². The van der Waals surface area contributed by atoms with Gasteiger partial charge >= 0.3 is 0 Å². The Morgan fingerprint density at radius 3 is 2.76 bits per heavy atom. The van der Waals surface area contributed by atoms with Gasteiger partial charge in [-0.1, -0.05) is 24.3 Å². The zero-order valence-electron chi connectivity index (χ0n) is 13.1. The molecule has 7 nitrogen and oxygen atoms in total. The Labute approximate surface area is 149 Å². The van der Waals surface area contributed by atoms with Crippen LogP contribution in [0.5, 0.6) is 11.6 Å². The Balaban J connectivity index is 1.50. The van der Waals surface area contributed by atoms with E-state index in [4.69, 9.17) is 4.74 Å². The molecule has 3 aromatic rings. The van der Waals surface area contributed by atoms with Crippen molar-refractivity contribution in [3.8, 4) is 11.6 Å². The van der Waals surface area contributed by atoms with Crippen LogP contribution >= 0.6 is 12.6 Å². The van der Waals surface area contributed by atoms with Crippen LogP contribution in [-0.2, 0) is 6.54 Å². The number of aromatic nitrogens is 3. The number of H-pyrrole nitrogens is 1. The summed E-state index contributed by atoms with van der Waals surface area (Å²) in [5.41, 5.74) is 0.926. The highest BCUT2D eigenvalue weighted by Crippen LogP contribution is 2.26. The van der Waals surface area contributed by atoms with E-state index in [0.29, 0.717) is 23.9 Å². The molecule has 1 atom stereocenters. The van der Waals surface area contributed by atoms with E-state index >= 15 is 0 Å². The number of nitrogens with zero attached hydrogens (tertiary/aromatic N) is 3. The number of imidazole rings is 1. The van der Waals surface area contributed by atoms with Crippen molar-refractivity contribution in [1.82, 2.24) is 20.3 Å². The van der Waals surface area contributed by atoms with Gasteiger partial charge in [-0.3, -0.25) is 4.79 Å². The highest BCUT2D eigenvalue weighted by atomic mass is 32.1. The number of anilines is 1. The summed E-state index contributed by atoms with van der Waals surface area (Å²) in [4.78, 5) is 25.2. The second kappa shape index (κ2) is 6.48. The maximum Gasteiger partial charge on any atom is 0.273 e. The van der Waals surface area contributed by atoms with Crippen LogP contribution in [0.4, 0.5) is 5.82 Å². The first-order valence-electron chi connectivity index (χ1n) is 7.67. The number of hydrogen-bond acceptors (Lipinski definition) is 6. The number of fused-ring (bicyclic) bond motifs is 1. The normalized spacial score (nSPS) is 16.3. The number of para-hydroxylation sites is 1. The topological polar surface area (TPSA) is 83.1 Å². The number of amides is 1. The van der Waals surface area contributed by atoms with Gasteiger partial charge in [0.2, 0.25) is 5.88 Å². The van der Waals surface area contributed by atoms with Gasteiger partial charge in [0.25, 0.3) is 5.91 Å². The van der Waals surface area contributed by atoms with Crippen molar-refractivity contribution >= 4 is 24.4 Å². The first-order chi connectivity index (χ1) is 12.2. The third kappa shape index (κ3) is 3.16. The fourth-order valence-corrected chi connectivity index (χ4v) is 2.90. The molecule has 0 aliphatic carbocycles. The first-order valence-corrected chi connectivity index (χ1v) is 8.19. The van der Waals surface area contributed by atoms with Crippen LogP contribution in [0.3, 0.4) is 0 Å². The highest BCUT2D eigenvalue weighted by molar-refractivity contribution is 7.81. The SMILES string of the molecule is O=C1NC(S)N(Cc2ccc(Oc3ccccc3)nc2)c2nc[nH]c21. The molecular formula is C17H15N5O2S. The van der Waals surface area contributed by atoms with Crippen molar-refractivity contribution < 1.29 is 9.53 Å². The number of carbonyl (C=O) groups is 1. The van der Waals surface area contributed by atoms with Crippen molar-refractivity contribution in [3.63, 3.8) is 0 Å². The summed E-state index contributed by atoms with van der Waals surface area (Å²) < 4.78 is 5.69. The number of ether oxygens (including phenoxy) is 1. The van der Waals surface area contributed by atoms with Crippen LogP contribution in [0.15, 0.2) is 55.0 Å². The summed E-state index contributed by atoms with van der Waals surface area (Å²) in [7, 11) is 0. The van der Waals surface area contributed by atoms with Crippen LogP contribution in [0.2, 0.25) is 0 Å². The minimum atomic E-state index is -0.455. The summed E-state index contributed by atoms with van der Waals surface area (Å²) >= 11 is 4.43. The molecule has 0 fully saturated rings. The molecule has 1 aliphatic heterocycles. The zero-order chi connectivity index (χ0) is 17.2. The minimum absolute atomic E-state index is 0.214. The molecule has 8 heteroatoms. The van der Waals surface area contributed by atoms with Gasteiger partial charge in [0.1, 0.15) is 16.9 Å². The van der Waals surface area contributed by atoms with Gasteiger partial charge in [-0.05, 0) is 17.7 Å². The lowest BCUT2D eigenvalue weighted by Gasteiger charge is -2.33. The van der Waals surface area contributed by atoms with Gasteiger partial charge < -0.3 is 19.9 Å². The van der Waals surface area contributed by atoms with E-state index in [1.54, 1.807) is 6.20 Å². The molecule has 126 valence electrons. The molecule has 0 saturated carbocycles. The van der Waals surface area contributed by atoms with Crippen molar-refractivity contribution in [1.29, 1.82) is 0 Å². The lowest BCUT2D eigenvalue weighted by Crippen LogP contribution is -2.49. The van der Waals surface area contributed by atoms with E-state index < -0.39 is 5.50 Å². The maximum atomic E-state index is 11.9. The fraction of sp³-hybridized carbons (Fsp3) is 0.118.